The predicted molar refractivity (Wildman–Crippen MR) is 65.0 cm³/mol. The van der Waals surface area contributed by atoms with Crippen LogP contribution in [0.2, 0.25) is 0 Å². The van der Waals surface area contributed by atoms with Gasteiger partial charge in [-0.2, -0.15) is 0 Å². The quantitative estimate of drug-likeness (QED) is 0.353. The van der Waals surface area contributed by atoms with Gasteiger partial charge < -0.3 is 10.6 Å². The predicted octanol–water partition coefficient (Wildman–Crippen LogP) is -0.587. The molecule has 1 amide bonds. The number of rotatable bonds is 7. The van der Waals surface area contributed by atoms with Gasteiger partial charge in [0.15, 0.2) is 0 Å². The molecule has 4 N–H and O–H groups in total. The van der Waals surface area contributed by atoms with Crippen LogP contribution in [0.4, 0.5) is 0 Å². The van der Waals surface area contributed by atoms with Gasteiger partial charge in [-0.05, 0) is 33.8 Å². The average Bonchev–Trinajstić information content (AvgIpc) is 2.24. The number of nitrogens with one attached hydrogen (secondary N) is 4. The monoisotopic (exact) mass is 236 g/mol. The summed E-state index contributed by atoms with van der Waals surface area (Å²) in [7, 11) is 5.44. The molecule has 0 aromatic rings. The summed E-state index contributed by atoms with van der Waals surface area (Å²) >= 11 is 0. The minimum absolute atomic E-state index is 0. The summed E-state index contributed by atoms with van der Waals surface area (Å²) in [6.45, 7) is 4.20. The first-order valence-corrected chi connectivity index (χ1v) is 4.61. The minimum Gasteiger partial charge on any atom is -0.322 e. The van der Waals surface area contributed by atoms with Crippen molar-refractivity contribution in [3.8, 4) is 0 Å². The SMILES string of the molecule is C=CC(=O)NC(CCNC)(NC)NC.Cl. The largest absolute Gasteiger partial charge is 0.322 e. The second-order valence-electron chi connectivity index (χ2n) is 2.95. The third kappa shape index (κ3) is 5.74. The summed E-state index contributed by atoms with van der Waals surface area (Å²) in [6, 6.07) is 0. The van der Waals surface area contributed by atoms with Gasteiger partial charge in [0.25, 0.3) is 0 Å². The molecule has 0 aromatic carbocycles. The highest BCUT2D eigenvalue weighted by Gasteiger charge is 2.26. The first-order chi connectivity index (χ1) is 6.64. The van der Waals surface area contributed by atoms with Gasteiger partial charge in [-0.3, -0.25) is 15.4 Å². The molecule has 15 heavy (non-hydrogen) atoms. The molecule has 0 aliphatic carbocycles. The molecule has 0 heterocycles. The van der Waals surface area contributed by atoms with Crippen molar-refractivity contribution < 1.29 is 4.79 Å². The maximum Gasteiger partial charge on any atom is 0.245 e. The van der Waals surface area contributed by atoms with E-state index in [1.807, 2.05) is 7.05 Å². The highest BCUT2D eigenvalue weighted by atomic mass is 35.5. The molecule has 0 saturated heterocycles. The normalized spacial score (nSPS) is 10.3. The van der Waals surface area contributed by atoms with Crippen molar-refractivity contribution in [3.63, 3.8) is 0 Å². The molecule has 0 spiro atoms. The number of carbonyl (C=O) groups is 1. The van der Waals surface area contributed by atoms with Crippen LogP contribution < -0.4 is 21.3 Å². The highest BCUT2D eigenvalue weighted by Crippen LogP contribution is 1.99. The summed E-state index contributed by atoms with van der Waals surface area (Å²) in [6.07, 6.45) is 1.99. The number of carbonyl (C=O) groups excluding carboxylic acids is 1. The van der Waals surface area contributed by atoms with Gasteiger partial charge in [0, 0.05) is 6.42 Å². The third-order valence-corrected chi connectivity index (χ3v) is 2.13. The third-order valence-electron chi connectivity index (χ3n) is 2.13. The number of amides is 1. The Hall–Kier alpha value is -0.620. The molecule has 0 radical (unpaired) electrons. The molecule has 6 heteroatoms. The average molecular weight is 237 g/mol. The van der Waals surface area contributed by atoms with Crippen LogP contribution in [0.3, 0.4) is 0 Å². The zero-order valence-electron chi connectivity index (χ0n) is 9.52. The Morgan fingerprint density at radius 3 is 2.20 bits per heavy atom. The minimum atomic E-state index is -0.575. The van der Waals surface area contributed by atoms with Gasteiger partial charge in [-0.15, -0.1) is 12.4 Å². The van der Waals surface area contributed by atoms with Crippen LogP contribution in [0.25, 0.3) is 0 Å². The van der Waals surface area contributed by atoms with Gasteiger partial charge in [-0.25, -0.2) is 0 Å². The smallest absolute Gasteiger partial charge is 0.245 e. The van der Waals surface area contributed by atoms with Crippen LogP contribution >= 0.6 is 12.4 Å². The van der Waals surface area contributed by atoms with Gasteiger partial charge in [0.2, 0.25) is 5.91 Å². The van der Waals surface area contributed by atoms with Crippen molar-refractivity contribution in [2.45, 2.75) is 12.2 Å². The van der Waals surface area contributed by atoms with E-state index in [9.17, 15) is 4.79 Å². The highest BCUT2D eigenvalue weighted by molar-refractivity contribution is 5.87. The van der Waals surface area contributed by atoms with Gasteiger partial charge in [-0.1, -0.05) is 6.58 Å². The summed E-state index contributed by atoms with van der Waals surface area (Å²) < 4.78 is 0. The fourth-order valence-electron chi connectivity index (χ4n) is 1.14. The first-order valence-electron chi connectivity index (χ1n) is 4.61. The first kappa shape index (κ1) is 16.8. The zero-order chi connectivity index (χ0) is 11.0. The lowest BCUT2D eigenvalue weighted by Gasteiger charge is -2.33. The van der Waals surface area contributed by atoms with Crippen molar-refractivity contribution in [2.24, 2.45) is 0 Å². The second-order valence-corrected chi connectivity index (χ2v) is 2.95. The van der Waals surface area contributed by atoms with Crippen molar-refractivity contribution in [2.75, 3.05) is 27.7 Å². The molecule has 0 aliphatic rings. The Kier molecular flexibility index (Phi) is 9.71. The standard InChI is InChI=1S/C9H20N4O.ClH/c1-5-8(14)13-9(11-3,12-4)6-7-10-2;/h5,10-12H,1,6-7H2,2-4H3,(H,13,14);1H. The lowest BCUT2D eigenvalue weighted by molar-refractivity contribution is -0.119. The molecular formula is C9H21ClN4O. The fourth-order valence-corrected chi connectivity index (χ4v) is 1.14. The Labute approximate surface area is 97.5 Å². The Morgan fingerprint density at radius 2 is 1.87 bits per heavy atom. The zero-order valence-corrected chi connectivity index (χ0v) is 10.3. The molecule has 0 aromatic heterocycles. The van der Waals surface area contributed by atoms with Crippen LogP contribution in [0, 0.1) is 0 Å². The topological polar surface area (TPSA) is 65.2 Å². The van der Waals surface area contributed by atoms with E-state index in [0.29, 0.717) is 0 Å². The van der Waals surface area contributed by atoms with Crippen molar-refractivity contribution in [1.82, 2.24) is 21.3 Å². The van der Waals surface area contributed by atoms with Crippen LogP contribution in [0.15, 0.2) is 12.7 Å². The van der Waals surface area contributed by atoms with Crippen molar-refractivity contribution >= 4 is 18.3 Å². The Bertz CT molecular complexity index is 195. The van der Waals surface area contributed by atoms with Gasteiger partial charge >= 0.3 is 0 Å². The van der Waals surface area contributed by atoms with E-state index >= 15 is 0 Å². The van der Waals surface area contributed by atoms with Crippen molar-refractivity contribution in [3.05, 3.63) is 12.7 Å². The molecule has 0 saturated carbocycles. The summed E-state index contributed by atoms with van der Waals surface area (Å²) in [5, 5.41) is 11.9. The van der Waals surface area contributed by atoms with E-state index in [4.69, 9.17) is 0 Å². The summed E-state index contributed by atoms with van der Waals surface area (Å²) in [4.78, 5) is 11.2. The van der Waals surface area contributed by atoms with Crippen LogP contribution in [0.5, 0.6) is 0 Å². The fraction of sp³-hybridized carbons (Fsp3) is 0.667. The van der Waals surface area contributed by atoms with E-state index in [1.54, 1.807) is 14.1 Å². The molecule has 0 rings (SSSR count). The van der Waals surface area contributed by atoms with Gasteiger partial charge in [0.05, 0.1) is 0 Å². The molecule has 0 bridgehead atoms. The maximum atomic E-state index is 11.2. The van der Waals surface area contributed by atoms with E-state index in [1.165, 1.54) is 6.08 Å². The number of hydrogen-bond acceptors (Lipinski definition) is 4. The maximum absolute atomic E-state index is 11.2. The molecule has 0 fully saturated rings. The van der Waals surface area contributed by atoms with Crippen LogP contribution in [-0.2, 0) is 4.79 Å². The molecule has 5 nitrogen and oxygen atoms in total. The Balaban J connectivity index is 0. The van der Waals surface area contributed by atoms with Gasteiger partial charge in [0.1, 0.15) is 5.79 Å². The van der Waals surface area contributed by atoms with Crippen LogP contribution in [0.1, 0.15) is 6.42 Å². The molecule has 0 unspecified atom stereocenters. The van der Waals surface area contributed by atoms with Crippen molar-refractivity contribution in [1.29, 1.82) is 0 Å². The molecule has 0 aliphatic heterocycles. The second kappa shape index (κ2) is 8.67. The number of hydrogen-bond donors (Lipinski definition) is 4. The molecule has 0 atom stereocenters. The summed E-state index contributed by atoms with van der Waals surface area (Å²) in [5.41, 5.74) is 0. The van der Waals surface area contributed by atoms with Crippen LogP contribution in [-0.4, -0.2) is 39.4 Å². The lowest BCUT2D eigenvalue weighted by Crippen LogP contribution is -2.66. The van der Waals surface area contributed by atoms with E-state index in [0.717, 1.165) is 13.0 Å². The lowest BCUT2D eigenvalue weighted by atomic mass is 10.2. The Morgan fingerprint density at radius 1 is 1.33 bits per heavy atom. The number of halogens is 1. The van der Waals surface area contributed by atoms with E-state index in [2.05, 4.69) is 27.8 Å². The molecular weight excluding hydrogens is 216 g/mol. The van der Waals surface area contributed by atoms with E-state index in [-0.39, 0.29) is 18.3 Å². The molecule has 90 valence electrons. The van der Waals surface area contributed by atoms with E-state index < -0.39 is 5.79 Å². The summed E-state index contributed by atoms with van der Waals surface area (Å²) in [5.74, 6) is -0.779.